The lowest BCUT2D eigenvalue weighted by Gasteiger charge is -2.48. The number of nitrogens with one attached hydrogen (secondary N) is 2. The van der Waals surface area contributed by atoms with Crippen LogP contribution in [0.3, 0.4) is 0 Å². The van der Waals surface area contributed by atoms with E-state index in [0.717, 1.165) is 39.0 Å². The zero-order chi connectivity index (χ0) is 19.1. The minimum Gasteiger partial charge on any atom is -0.341 e. The lowest BCUT2D eigenvalue weighted by atomic mass is 9.73. The molecule has 4 heterocycles. The summed E-state index contributed by atoms with van der Waals surface area (Å²) in [5.74, 6) is 0.756. The summed E-state index contributed by atoms with van der Waals surface area (Å²) >= 11 is 5.88. The molecule has 0 unspecified atom stereocenters. The average molecular weight is 400 g/mol. The molecule has 2 aliphatic heterocycles. The predicted octanol–water partition coefficient (Wildman–Crippen LogP) is 3.15. The van der Waals surface area contributed by atoms with Crippen molar-refractivity contribution in [1.82, 2.24) is 25.3 Å². The van der Waals surface area contributed by atoms with E-state index in [1.54, 1.807) is 12.3 Å². The largest absolute Gasteiger partial charge is 0.341 e. The van der Waals surface area contributed by atoms with Crippen molar-refractivity contribution in [2.45, 2.75) is 12.8 Å². The number of nitrogens with zero attached hydrogens (tertiary/aromatic N) is 5. The quantitative estimate of drug-likeness (QED) is 0.700. The van der Waals surface area contributed by atoms with E-state index in [9.17, 15) is 4.39 Å². The SMILES string of the molecule is Fc1ccc(Nc2ncnc3cnc(N4CCC5(CC4)CNC5)nc23)cc1Cl. The van der Waals surface area contributed by atoms with Crippen molar-refractivity contribution in [3.63, 3.8) is 0 Å². The van der Waals surface area contributed by atoms with E-state index in [-0.39, 0.29) is 5.02 Å². The highest BCUT2D eigenvalue weighted by Crippen LogP contribution is 2.36. The average Bonchev–Trinajstić information content (AvgIpc) is 2.70. The number of piperidine rings is 1. The first-order valence-electron chi connectivity index (χ1n) is 9.27. The molecule has 2 aromatic heterocycles. The van der Waals surface area contributed by atoms with Gasteiger partial charge in [-0.3, -0.25) is 0 Å². The zero-order valence-corrected chi connectivity index (χ0v) is 15.9. The van der Waals surface area contributed by atoms with Gasteiger partial charge in [0.2, 0.25) is 5.95 Å². The van der Waals surface area contributed by atoms with Gasteiger partial charge in [0, 0.05) is 31.9 Å². The Morgan fingerprint density at radius 1 is 1.14 bits per heavy atom. The van der Waals surface area contributed by atoms with Gasteiger partial charge >= 0.3 is 0 Å². The van der Waals surface area contributed by atoms with Gasteiger partial charge in [0.05, 0.1) is 11.2 Å². The fourth-order valence-corrected chi connectivity index (χ4v) is 3.99. The van der Waals surface area contributed by atoms with E-state index in [1.165, 1.54) is 18.5 Å². The molecule has 1 spiro atoms. The van der Waals surface area contributed by atoms with Gasteiger partial charge in [-0.1, -0.05) is 11.6 Å². The third-order valence-electron chi connectivity index (χ3n) is 5.65. The number of anilines is 3. The molecular weight excluding hydrogens is 381 g/mol. The summed E-state index contributed by atoms with van der Waals surface area (Å²) in [6, 6.07) is 4.44. The molecule has 7 nitrogen and oxygen atoms in total. The molecule has 0 aliphatic carbocycles. The molecule has 3 aromatic rings. The summed E-state index contributed by atoms with van der Waals surface area (Å²) < 4.78 is 13.4. The van der Waals surface area contributed by atoms with Gasteiger partial charge in [-0.2, -0.15) is 0 Å². The second-order valence-corrected chi connectivity index (χ2v) is 7.88. The number of rotatable bonds is 3. The van der Waals surface area contributed by atoms with Gasteiger partial charge in [0.1, 0.15) is 23.2 Å². The first-order valence-corrected chi connectivity index (χ1v) is 9.65. The maximum absolute atomic E-state index is 13.4. The van der Waals surface area contributed by atoms with Crippen LogP contribution < -0.4 is 15.5 Å². The van der Waals surface area contributed by atoms with Crippen LogP contribution in [-0.4, -0.2) is 46.1 Å². The molecule has 0 saturated carbocycles. The van der Waals surface area contributed by atoms with Crippen molar-refractivity contribution < 1.29 is 4.39 Å². The van der Waals surface area contributed by atoms with Crippen LogP contribution in [-0.2, 0) is 0 Å². The molecule has 2 aliphatic rings. The summed E-state index contributed by atoms with van der Waals surface area (Å²) in [4.78, 5) is 20.0. The Bertz CT molecular complexity index is 1030. The smallest absolute Gasteiger partial charge is 0.226 e. The molecule has 9 heteroatoms. The summed E-state index contributed by atoms with van der Waals surface area (Å²) in [7, 11) is 0. The molecule has 2 N–H and O–H groups in total. The summed E-state index contributed by atoms with van der Waals surface area (Å²) in [6.45, 7) is 4.11. The minimum atomic E-state index is -0.464. The Labute approximate surface area is 166 Å². The fraction of sp³-hybridized carbons (Fsp3) is 0.368. The van der Waals surface area contributed by atoms with Crippen LogP contribution in [0.25, 0.3) is 11.0 Å². The van der Waals surface area contributed by atoms with Gasteiger partial charge in [0.25, 0.3) is 0 Å². The van der Waals surface area contributed by atoms with E-state index in [1.807, 2.05) is 0 Å². The third kappa shape index (κ3) is 3.12. The summed E-state index contributed by atoms with van der Waals surface area (Å²) in [6.07, 6.45) is 5.46. The first kappa shape index (κ1) is 17.5. The second kappa shape index (κ2) is 6.79. The topological polar surface area (TPSA) is 78.9 Å². The molecule has 0 atom stereocenters. The molecule has 2 fully saturated rings. The number of aromatic nitrogens is 4. The van der Waals surface area contributed by atoms with E-state index >= 15 is 0 Å². The number of hydrogen-bond donors (Lipinski definition) is 2. The monoisotopic (exact) mass is 399 g/mol. The van der Waals surface area contributed by atoms with E-state index in [0.29, 0.717) is 33.9 Å². The molecular formula is C19H19ClFN7. The van der Waals surface area contributed by atoms with Crippen molar-refractivity contribution in [2.75, 3.05) is 36.4 Å². The minimum absolute atomic E-state index is 0.0476. The van der Waals surface area contributed by atoms with Gasteiger partial charge in [-0.15, -0.1) is 0 Å². The van der Waals surface area contributed by atoms with Crippen molar-refractivity contribution in [2.24, 2.45) is 5.41 Å². The molecule has 28 heavy (non-hydrogen) atoms. The van der Waals surface area contributed by atoms with Gasteiger partial charge in [-0.25, -0.2) is 24.3 Å². The van der Waals surface area contributed by atoms with Crippen molar-refractivity contribution in [1.29, 1.82) is 0 Å². The molecule has 5 rings (SSSR count). The Morgan fingerprint density at radius 2 is 1.96 bits per heavy atom. The highest BCUT2D eigenvalue weighted by molar-refractivity contribution is 6.31. The number of halogens is 2. The summed E-state index contributed by atoms with van der Waals surface area (Å²) in [5, 5.41) is 6.59. The Hall–Kier alpha value is -2.58. The van der Waals surface area contributed by atoms with Gasteiger partial charge in [0.15, 0.2) is 5.82 Å². The Morgan fingerprint density at radius 3 is 2.68 bits per heavy atom. The van der Waals surface area contributed by atoms with Crippen LogP contribution in [0.15, 0.2) is 30.7 Å². The zero-order valence-electron chi connectivity index (χ0n) is 15.1. The fourth-order valence-electron chi connectivity index (χ4n) is 3.81. The highest BCUT2D eigenvalue weighted by atomic mass is 35.5. The van der Waals surface area contributed by atoms with Crippen LogP contribution in [0.5, 0.6) is 0 Å². The maximum Gasteiger partial charge on any atom is 0.226 e. The van der Waals surface area contributed by atoms with E-state index in [4.69, 9.17) is 16.6 Å². The normalized spacial score (nSPS) is 18.3. The van der Waals surface area contributed by atoms with Crippen LogP contribution in [0.1, 0.15) is 12.8 Å². The molecule has 0 radical (unpaired) electrons. The van der Waals surface area contributed by atoms with E-state index in [2.05, 4.69) is 30.5 Å². The third-order valence-corrected chi connectivity index (χ3v) is 5.94. The van der Waals surface area contributed by atoms with Gasteiger partial charge < -0.3 is 15.5 Å². The highest BCUT2D eigenvalue weighted by Gasteiger charge is 2.40. The second-order valence-electron chi connectivity index (χ2n) is 7.47. The first-order chi connectivity index (χ1) is 13.6. The Balaban J connectivity index is 1.43. The van der Waals surface area contributed by atoms with Crippen LogP contribution in [0.4, 0.5) is 21.8 Å². The molecule has 2 saturated heterocycles. The van der Waals surface area contributed by atoms with E-state index < -0.39 is 5.82 Å². The lowest BCUT2D eigenvalue weighted by molar-refractivity contribution is 0.126. The molecule has 1 aromatic carbocycles. The van der Waals surface area contributed by atoms with Crippen molar-refractivity contribution in [3.05, 3.63) is 41.6 Å². The van der Waals surface area contributed by atoms with Crippen LogP contribution in [0, 0.1) is 11.2 Å². The number of hydrogen-bond acceptors (Lipinski definition) is 7. The summed E-state index contributed by atoms with van der Waals surface area (Å²) in [5.41, 5.74) is 2.36. The number of benzene rings is 1. The molecule has 144 valence electrons. The van der Waals surface area contributed by atoms with Crippen LogP contribution >= 0.6 is 11.6 Å². The Kier molecular flexibility index (Phi) is 4.25. The van der Waals surface area contributed by atoms with Crippen molar-refractivity contribution >= 4 is 40.1 Å². The molecule has 0 amide bonds. The van der Waals surface area contributed by atoms with Crippen LogP contribution in [0.2, 0.25) is 5.02 Å². The molecule has 0 bridgehead atoms. The predicted molar refractivity (Wildman–Crippen MR) is 107 cm³/mol. The maximum atomic E-state index is 13.4. The number of fused-ring (bicyclic) bond motifs is 1. The van der Waals surface area contributed by atoms with Crippen molar-refractivity contribution in [3.8, 4) is 0 Å². The van der Waals surface area contributed by atoms with Gasteiger partial charge in [-0.05, 0) is 36.5 Å². The standard InChI is InChI=1S/C19H19ClFN7/c20-13-7-12(1-2-14(13)21)26-17-16-15(24-11-25-17)8-23-18(27-16)28-5-3-19(4-6-28)9-22-10-19/h1-2,7-8,11,22H,3-6,9-10H2,(H,24,25,26). The lowest BCUT2D eigenvalue weighted by Crippen LogP contribution is -2.58.